The molecule has 3 heterocycles. The number of aryl methyl sites for hydroxylation is 1. The minimum Gasteiger partial charge on any atom is -0.381 e. The maximum atomic E-state index is 14.5. The fourth-order valence-corrected chi connectivity index (χ4v) is 3.68. The van der Waals surface area contributed by atoms with Crippen LogP contribution in [0.2, 0.25) is 0 Å². The lowest BCUT2D eigenvalue weighted by molar-refractivity contribution is -0.124. The number of aromatic nitrogens is 3. The number of anilines is 1. The van der Waals surface area contributed by atoms with Gasteiger partial charge in [0.25, 0.3) is 0 Å². The molecule has 7 nitrogen and oxygen atoms in total. The number of hydrogen-bond donors (Lipinski definition) is 2. The molecule has 0 radical (unpaired) electrons. The van der Waals surface area contributed by atoms with Gasteiger partial charge in [0, 0.05) is 31.9 Å². The fraction of sp³-hybridized carbons (Fsp3) is 0.526. The molecular weight excluding hydrogens is 349 g/mol. The van der Waals surface area contributed by atoms with Gasteiger partial charge in [0.05, 0.1) is 5.56 Å². The van der Waals surface area contributed by atoms with Gasteiger partial charge in [-0.15, -0.1) is 10.2 Å². The molecule has 27 heavy (non-hydrogen) atoms. The average molecular weight is 373 g/mol. The van der Waals surface area contributed by atoms with Crippen LogP contribution in [0.4, 0.5) is 10.1 Å². The number of nitrogens with one attached hydrogen (secondary N) is 1. The normalized spacial score (nSPS) is 19.2. The topological polar surface area (TPSA) is 95.1 Å². The number of carbonyl (C=O) groups excluding carboxylic acids is 1. The van der Waals surface area contributed by atoms with E-state index in [0.717, 1.165) is 38.1 Å². The van der Waals surface area contributed by atoms with Crippen LogP contribution in [0, 0.1) is 5.82 Å². The van der Waals surface area contributed by atoms with E-state index in [1.807, 2.05) is 4.57 Å². The number of hydrogen-bond acceptors (Lipinski definition) is 5. The van der Waals surface area contributed by atoms with Crippen LogP contribution in [0.15, 0.2) is 18.2 Å². The number of nitrogens with two attached hydrogens (primary N) is 1. The van der Waals surface area contributed by atoms with Crippen molar-refractivity contribution in [1.82, 2.24) is 14.8 Å². The molecule has 0 atom stereocenters. The van der Waals surface area contributed by atoms with Crippen molar-refractivity contribution in [1.29, 1.82) is 0 Å². The molecule has 0 unspecified atom stereocenters. The molecule has 1 saturated heterocycles. The molecule has 1 amide bonds. The first-order valence-corrected chi connectivity index (χ1v) is 9.47. The molecule has 8 heteroatoms. The Hall–Kier alpha value is -2.32. The van der Waals surface area contributed by atoms with Crippen LogP contribution in [-0.4, -0.2) is 39.4 Å². The van der Waals surface area contributed by atoms with Crippen molar-refractivity contribution in [2.75, 3.05) is 18.5 Å². The lowest BCUT2D eigenvalue weighted by Gasteiger charge is -2.31. The Morgan fingerprint density at radius 3 is 2.85 bits per heavy atom. The van der Waals surface area contributed by atoms with Gasteiger partial charge in [-0.25, -0.2) is 4.39 Å². The second-order valence-electron chi connectivity index (χ2n) is 7.32. The van der Waals surface area contributed by atoms with Gasteiger partial charge in [-0.1, -0.05) is 6.42 Å². The number of halogens is 1. The quantitative estimate of drug-likeness (QED) is 0.860. The van der Waals surface area contributed by atoms with E-state index in [4.69, 9.17) is 10.5 Å². The summed E-state index contributed by atoms with van der Waals surface area (Å²) in [5.41, 5.74) is 6.11. The summed E-state index contributed by atoms with van der Waals surface area (Å²) in [4.78, 5) is 12.6. The van der Waals surface area contributed by atoms with Crippen LogP contribution in [0.25, 0.3) is 11.4 Å². The van der Waals surface area contributed by atoms with Crippen LogP contribution in [0.5, 0.6) is 0 Å². The maximum absolute atomic E-state index is 14.5. The highest BCUT2D eigenvalue weighted by Gasteiger charge is 2.36. The van der Waals surface area contributed by atoms with Crippen molar-refractivity contribution in [3.05, 3.63) is 29.8 Å². The van der Waals surface area contributed by atoms with E-state index < -0.39 is 5.54 Å². The first-order chi connectivity index (χ1) is 13.1. The minimum absolute atomic E-state index is 0.275. The molecule has 0 spiro atoms. The molecule has 1 fully saturated rings. The summed E-state index contributed by atoms with van der Waals surface area (Å²) >= 11 is 0. The summed E-state index contributed by atoms with van der Waals surface area (Å²) in [7, 11) is 0. The largest absolute Gasteiger partial charge is 0.381 e. The van der Waals surface area contributed by atoms with Gasteiger partial charge < -0.3 is 20.4 Å². The number of fused-ring (bicyclic) bond motifs is 1. The van der Waals surface area contributed by atoms with Gasteiger partial charge in [0.1, 0.15) is 17.2 Å². The van der Waals surface area contributed by atoms with Gasteiger partial charge in [-0.05, 0) is 43.9 Å². The number of nitrogens with zero attached hydrogens (tertiary/aromatic N) is 3. The van der Waals surface area contributed by atoms with Gasteiger partial charge >= 0.3 is 0 Å². The molecule has 1 aromatic heterocycles. The van der Waals surface area contributed by atoms with E-state index in [-0.39, 0.29) is 11.7 Å². The SMILES string of the molecule is NC1(C(=O)Nc2ccc(F)c(-c3nnc4n3CCCCC4)c2)CCOCC1. The third-order valence-electron chi connectivity index (χ3n) is 5.41. The molecule has 2 aliphatic heterocycles. The molecule has 0 aliphatic carbocycles. The Balaban J connectivity index is 1.61. The zero-order valence-electron chi connectivity index (χ0n) is 15.2. The average Bonchev–Trinajstić information content (AvgIpc) is 2.91. The fourth-order valence-electron chi connectivity index (χ4n) is 3.68. The number of carbonyl (C=O) groups is 1. The van der Waals surface area contributed by atoms with Crippen molar-refractivity contribution in [3.8, 4) is 11.4 Å². The molecule has 2 aromatic rings. The van der Waals surface area contributed by atoms with Gasteiger partial charge in [0.15, 0.2) is 5.82 Å². The maximum Gasteiger partial charge on any atom is 0.244 e. The highest BCUT2D eigenvalue weighted by atomic mass is 19.1. The van der Waals surface area contributed by atoms with E-state index in [0.29, 0.717) is 43.1 Å². The van der Waals surface area contributed by atoms with Crippen molar-refractivity contribution in [2.45, 2.75) is 50.6 Å². The molecule has 0 bridgehead atoms. The smallest absolute Gasteiger partial charge is 0.244 e. The van der Waals surface area contributed by atoms with E-state index in [2.05, 4.69) is 15.5 Å². The van der Waals surface area contributed by atoms with E-state index in [1.54, 1.807) is 12.1 Å². The van der Waals surface area contributed by atoms with Crippen molar-refractivity contribution >= 4 is 11.6 Å². The zero-order chi connectivity index (χ0) is 18.9. The third kappa shape index (κ3) is 3.59. The highest BCUT2D eigenvalue weighted by molar-refractivity contribution is 5.98. The molecule has 144 valence electrons. The highest BCUT2D eigenvalue weighted by Crippen LogP contribution is 2.28. The molecule has 3 N–H and O–H groups in total. The standard InChI is InChI=1S/C19H24FN5O2/c20-15-6-5-13(22-18(26)19(21)7-10-27-11-8-19)12-14(15)17-24-23-16-4-2-1-3-9-25(16)17/h5-6,12H,1-4,7-11,21H2,(H,22,26). The van der Waals surface area contributed by atoms with Crippen molar-refractivity contribution in [3.63, 3.8) is 0 Å². The van der Waals surface area contributed by atoms with E-state index >= 15 is 0 Å². The van der Waals surface area contributed by atoms with Gasteiger partial charge in [0.2, 0.25) is 5.91 Å². The van der Waals surface area contributed by atoms with Crippen LogP contribution in [0.1, 0.15) is 37.9 Å². The first-order valence-electron chi connectivity index (χ1n) is 9.47. The second-order valence-corrected chi connectivity index (χ2v) is 7.32. The Labute approximate surface area is 157 Å². The molecule has 2 aliphatic rings. The van der Waals surface area contributed by atoms with Crippen LogP contribution in [-0.2, 0) is 22.5 Å². The van der Waals surface area contributed by atoms with Gasteiger partial charge in [-0.2, -0.15) is 0 Å². The lowest BCUT2D eigenvalue weighted by Crippen LogP contribution is -2.54. The van der Waals surface area contributed by atoms with Crippen LogP contribution in [0.3, 0.4) is 0 Å². The lowest BCUT2D eigenvalue weighted by atomic mass is 9.90. The first kappa shape index (κ1) is 18.1. The number of ether oxygens (including phenoxy) is 1. The summed E-state index contributed by atoms with van der Waals surface area (Å²) in [6, 6.07) is 4.49. The van der Waals surface area contributed by atoms with E-state index in [1.165, 1.54) is 6.07 Å². The molecule has 1 aromatic carbocycles. The predicted octanol–water partition coefficient (Wildman–Crippen LogP) is 2.26. The number of amides is 1. The Kier molecular flexibility index (Phi) is 4.92. The van der Waals surface area contributed by atoms with Crippen LogP contribution >= 0.6 is 0 Å². The molecule has 0 saturated carbocycles. The monoisotopic (exact) mass is 373 g/mol. The predicted molar refractivity (Wildman–Crippen MR) is 98.6 cm³/mol. The van der Waals surface area contributed by atoms with Gasteiger partial charge in [-0.3, -0.25) is 4.79 Å². The Morgan fingerprint density at radius 2 is 2.04 bits per heavy atom. The second kappa shape index (κ2) is 7.36. The summed E-state index contributed by atoms with van der Waals surface area (Å²) in [5.74, 6) is 0.734. The summed E-state index contributed by atoms with van der Waals surface area (Å²) < 4.78 is 21.8. The van der Waals surface area contributed by atoms with E-state index in [9.17, 15) is 9.18 Å². The molecule has 4 rings (SSSR count). The summed E-state index contributed by atoms with van der Waals surface area (Å²) in [5, 5.41) is 11.3. The summed E-state index contributed by atoms with van der Waals surface area (Å²) in [6.45, 7) is 1.70. The number of benzene rings is 1. The number of rotatable bonds is 3. The Morgan fingerprint density at radius 1 is 1.22 bits per heavy atom. The zero-order valence-corrected chi connectivity index (χ0v) is 15.2. The van der Waals surface area contributed by atoms with Crippen molar-refractivity contribution < 1.29 is 13.9 Å². The van der Waals surface area contributed by atoms with Crippen LogP contribution < -0.4 is 11.1 Å². The van der Waals surface area contributed by atoms with Crippen molar-refractivity contribution in [2.24, 2.45) is 5.73 Å². The summed E-state index contributed by atoms with van der Waals surface area (Å²) in [6.07, 6.45) is 4.99. The minimum atomic E-state index is -0.960. The molecular formula is C19H24FN5O2. The Bertz CT molecular complexity index is 845. The third-order valence-corrected chi connectivity index (χ3v) is 5.41.